The standard InChI is InChI=1S/C10H10BNO6/c13-11-9-6(8(18-11)5-12(14)15)1-2-7-10(9)17-4-3-16-7/h1-2,8,13H,3-5H2. The van der Waals surface area contributed by atoms with Gasteiger partial charge in [0.1, 0.15) is 19.3 Å². The van der Waals surface area contributed by atoms with E-state index in [1.807, 2.05) is 0 Å². The van der Waals surface area contributed by atoms with Crippen molar-refractivity contribution < 1.29 is 24.1 Å². The SMILES string of the molecule is O=[N+]([O-])CC1OB(O)c2c1ccc1c2OCCO1. The Balaban J connectivity index is 2.03. The molecule has 0 aromatic heterocycles. The lowest BCUT2D eigenvalue weighted by atomic mass is 9.78. The van der Waals surface area contributed by atoms with Gasteiger partial charge in [-0.2, -0.15) is 0 Å². The zero-order chi connectivity index (χ0) is 12.7. The Kier molecular flexibility index (Phi) is 2.60. The molecule has 2 heterocycles. The first kappa shape index (κ1) is 11.3. The summed E-state index contributed by atoms with van der Waals surface area (Å²) in [6.45, 7) is 0.445. The van der Waals surface area contributed by atoms with E-state index in [4.69, 9.17) is 14.1 Å². The molecule has 0 aliphatic carbocycles. The van der Waals surface area contributed by atoms with Crippen LogP contribution in [0.25, 0.3) is 0 Å². The van der Waals surface area contributed by atoms with Gasteiger partial charge in [0, 0.05) is 10.4 Å². The van der Waals surface area contributed by atoms with Crippen molar-refractivity contribution in [2.24, 2.45) is 0 Å². The molecule has 1 atom stereocenters. The van der Waals surface area contributed by atoms with Crippen molar-refractivity contribution >= 4 is 12.6 Å². The lowest BCUT2D eigenvalue weighted by Gasteiger charge is -2.20. The molecule has 94 valence electrons. The molecular weight excluding hydrogens is 241 g/mol. The predicted molar refractivity (Wildman–Crippen MR) is 60.7 cm³/mol. The van der Waals surface area contributed by atoms with Crippen molar-refractivity contribution in [1.82, 2.24) is 0 Å². The van der Waals surface area contributed by atoms with Gasteiger partial charge in [-0.1, -0.05) is 6.07 Å². The molecule has 0 spiro atoms. The third kappa shape index (κ3) is 1.70. The van der Waals surface area contributed by atoms with Crippen LogP contribution < -0.4 is 14.9 Å². The van der Waals surface area contributed by atoms with Gasteiger partial charge in [0.25, 0.3) is 0 Å². The first-order valence-electron chi connectivity index (χ1n) is 5.54. The van der Waals surface area contributed by atoms with E-state index in [9.17, 15) is 15.1 Å². The van der Waals surface area contributed by atoms with Crippen molar-refractivity contribution in [2.75, 3.05) is 19.8 Å². The molecule has 0 saturated carbocycles. The number of hydrogen-bond donors (Lipinski definition) is 1. The lowest BCUT2D eigenvalue weighted by molar-refractivity contribution is -0.490. The second kappa shape index (κ2) is 4.15. The van der Waals surface area contributed by atoms with Crippen LogP contribution in [0.4, 0.5) is 0 Å². The van der Waals surface area contributed by atoms with Crippen molar-refractivity contribution in [2.45, 2.75) is 6.10 Å². The van der Waals surface area contributed by atoms with Crippen molar-refractivity contribution in [3.63, 3.8) is 0 Å². The summed E-state index contributed by atoms with van der Waals surface area (Å²) in [5.74, 6) is 0.960. The first-order valence-corrected chi connectivity index (χ1v) is 5.54. The zero-order valence-electron chi connectivity index (χ0n) is 9.37. The number of ether oxygens (including phenoxy) is 2. The fourth-order valence-corrected chi connectivity index (χ4v) is 2.26. The Morgan fingerprint density at radius 1 is 1.44 bits per heavy atom. The second-order valence-corrected chi connectivity index (χ2v) is 4.09. The minimum absolute atomic E-state index is 0.385. The van der Waals surface area contributed by atoms with Gasteiger partial charge < -0.3 is 19.2 Å². The van der Waals surface area contributed by atoms with Crippen LogP contribution in [0.1, 0.15) is 11.7 Å². The average molecular weight is 251 g/mol. The molecular formula is C10H10BNO6. The number of hydrogen-bond acceptors (Lipinski definition) is 6. The summed E-state index contributed by atoms with van der Waals surface area (Å²) >= 11 is 0. The van der Waals surface area contributed by atoms with E-state index < -0.39 is 18.1 Å². The molecule has 1 N–H and O–H groups in total. The van der Waals surface area contributed by atoms with E-state index in [0.29, 0.717) is 35.7 Å². The first-order chi connectivity index (χ1) is 8.66. The molecule has 0 radical (unpaired) electrons. The Morgan fingerprint density at radius 2 is 2.22 bits per heavy atom. The van der Waals surface area contributed by atoms with E-state index in [1.54, 1.807) is 12.1 Å². The molecule has 0 saturated heterocycles. The molecule has 0 amide bonds. The van der Waals surface area contributed by atoms with E-state index in [1.165, 1.54) is 0 Å². The van der Waals surface area contributed by atoms with Crippen molar-refractivity contribution in [1.29, 1.82) is 0 Å². The van der Waals surface area contributed by atoms with Crippen LogP contribution in [0.2, 0.25) is 0 Å². The molecule has 1 aromatic rings. The van der Waals surface area contributed by atoms with Crippen LogP contribution in [0.5, 0.6) is 11.5 Å². The van der Waals surface area contributed by atoms with E-state index in [2.05, 4.69) is 0 Å². The molecule has 1 aromatic carbocycles. The maximum absolute atomic E-state index is 10.5. The average Bonchev–Trinajstić information content (AvgIpc) is 2.66. The zero-order valence-corrected chi connectivity index (χ0v) is 9.37. The normalized spacial score (nSPS) is 20.7. The topological polar surface area (TPSA) is 91.1 Å². The number of nitrogens with zero attached hydrogens (tertiary/aromatic N) is 1. The third-order valence-electron chi connectivity index (χ3n) is 2.98. The summed E-state index contributed by atoms with van der Waals surface area (Å²) in [5, 5.41) is 20.4. The molecule has 2 aliphatic heterocycles. The van der Waals surface area contributed by atoms with Gasteiger partial charge in [0.15, 0.2) is 11.5 Å². The van der Waals surface area contributed by atoms with Crippen LogP contribution >= 0.6 is 0 Å². The van der Waals surface area contributed by atoms with E-state index in [0.717, 1.165) is 0 Å². The Hall–Kier alpha value is -1.80. The number of benzene rings is 1. The summed E-state index contributed by atoms with van der Waals surface area (Å²) in [4.78, 5) is 10.1. The van der Waals surface area contributed by atoms with Gasteiger partial charge in [0.05, 0.1) is 0 Å². The Labute approximate surface area is 103 Å². The van der Waals surface area contributed by atoms with Gasteiger partial charge in [-0.3, -0.25) is 10.1 Å². The summed E-state index contributed by atoms with van der Waals surface area (Å²) in [6, 6.07) is 3.36. The maximum Gasteiger partial charge on any atom is 0.496 e. The highest BCUT2D eigenvalue weighted by molar-refractivity contribution is 6.63. The highest BCUT2D eigenvalue weighted by Crippen LogP contribution is 2.35. The minimum atomic E-state index is -1.21. The van der Waals surface area contributed by atoms with Gasteiger partial charge in [-0.25, -0.2) is 0 Å². The summed E-state index contributed by atoms with van der Waals surface area (Å²) < 4.78 is 16.0. The van der Waals surface area contributed by atoms with Crippen LogP contribution in [0.3, 0.4) is 0 Å². The monoisotopic (exact) mass is 251 g/mol. The molecule has 0 fully saturated rings. The number of nitro groups is 1. The van der Waals surface area contributed by atoms with E-state index in [-0.39, 0.29) is 6.54 Å². The summed E-state index contributed by atoms with van der Waals surface area (Å²) in [7, 11) is -1.21. The molecule has 2 aliphatic rings. The van der Waals surface area contributed by atoms with Crippen LogP contribution in [0.15, 0.2) is 12.1 Å². The van der Waals surface area contributed by atoms with E-state index >= 15 is 0 Å². The molecule has 3 rings (SSSR count). The minimum Gasteiger partial charge on any atom is -0.486 e. The van der Waals surface area contributed by atoms with Crippen molar-refractivity contribution in [3.05, 3.63) is 27.8 Å². The smallest absolute Gasteiger partial charge is 0.486 e. The van der Waals surface area contributed by atoms with Crippen LogP contribution in [-0.2, 0) is 4.65 Å². The molecule has 1 unspecified atom stereocenters. The third-order valence-corrected chi connectivity index (χ3v) is 2.98. The maximum atomic E-state index is 10.5. The lowest BCUT2D eigenvalue weighted by Crippen LogP contribution is -2.32. The van der Waals surface area contributed by atoms with Gasteiger partial charge in [-0.15, -0.1) is 0 Å². The predicted octanol–water partition coefficient (Wildman–Crippen LogP) is -0.507. The second-order valence-electron chi connectivity index (χ2n) is 4.09. The van der Waals surface area contributed by atoms with Crippen LogP contribution in [-0.4, -0.2) is 36.8 Å². The Bertz CT molecular complexity index is 507. The van der Waals surface area contributed by atoms with Gasteiger partial charge in [-0.05, 0) is 11.6 Å². The molecule has 8 heteroatoms. The van der Waals surface area contributed by atoms with Crippen LogP contribution in [0, 0.1) is 10.1 Å². The molecule has 18 heavy (non-hydrogen) atoms. The molecule has 0 bridgehead atoms. The largest absolute Gasteiger partial charge is 0.496 e. The molecule has 7 nitrogen and oxygen atoms in total. The highest BCUT2D eigenvalue weighted by atomic mass is 16.6. The fraction of sp³-hybridized carbons (Fsp3) is 0.400. The fourth-order valence-electron chi connectivity index (χ4n) is 2.26. The summed E-state index contributed by atoms with van der Waals surface area (Å²) in [5.41, 5.74) is 1.03. The van der Waals surface area contributed by atoms with Gasteiger partial charge in [0.2, 0.25) is 6.54 Å². The highest BCUT2D eigenvalue weighted by Gasteiger charge is 2.42. The number of fused-ring (bicyclic) bond motifs is 3. The summed E-state index contributed by atoms with van der Waals surface area (Å²) in [6.07, 6.45) is -0.749. The number of rotatable bonds is 2. The Morgan fingerprint density at radius 3 is 3.00 bits per heavy atom. The van der Waals surface area contributed by atoms with Gasteiger partial charge >= 0.3 is 7.12 Å². The quantitative estimate of drug-likeness (QED) is 0.432. The van der Waals surface area contributed by atoms with Crippen molar-refractivity contribution in [3.8, 4) is 11.5 Å².